The molecule has 1 aromatic rings. The van der Waals surface area contributed by atoms with Gasteiger partial charge in [-0.15, -0.1) is 0 Å². The van der Waals surface area contributed by atoms with Crippen LogP contribution in [-0.2, 0) is 20.7 Å². The number of esters is 1. The Morgan fingerprint density at radius 3 is 2.63 bits per heavy atom. The van der Waals surface area contributed by atoms with Gasteiger partial charge in [0.25, 0.3) is 0 Å². The lowest BCUT2D eigenvalue weighted by atomic mass is 10.1. The van der Waals surface area contributed by atoms with Gasteiger partial charge in [0, 0.05) is 18.5 Å². The summed E-state index contributed by atoms with van der Waals surface area (Å²) in [5.74, 6) is -0.426. The molecule has 1 heterocycles. The lowest BCUT2D eigenvalue weighted by Gasteiger charge is -2.06. The summed E-state index contributed by atoms with van der Waals surface area (Å²) in [6, 6.07) is 5.48. The average molecular weight is 376 g/mol. The van der Waals surface area contributed by atoms with E-state index < -0.39 is 6.10 Å². The lowest BCUT2D eigenvalue weighted by Crippen LogP contribution is -2.09. The molecule has 5 nitrogen and oxygen atoms in total. The van der Waals surface area contributed by atoms with Crippen molar-refractivity contribution < 1.29 is 19.4 Å². The molecule has 5 heteroatoms. The van der Waals surface area contributed by atoms with Gasteiger partial charge in [-0.05, 0) is 24.6 Å². The van der Waals surface area contributed by atoms with E-state index in [4.69, 9.17) is 0 Å². The maximum atomic E-state index is 11.9. The Bertz CT molecular complexity index is 598. The summed E-state index contributed by atoms with van der Waals surface area (Å²) in [4.78, 5) is 27.4. The van der Waals surface area contributed by atoms with Gasteiger partial charge < -0.3 is 9.84 Å². The first-order valence-electron chi connectivity index (χ1n) is 9.95. The topological polar surface area (TPSA) is 76.5 Å². The molecule has 0 aliphatic carbocycles. The predicted molar refractivity (Wildman–Crippen MR) is 107 cm³/mol. The van der Waals surface area contributed by atoms with Crippen LogP contribution in [0.3, 0.4) is 0 Å². The first-order valence-corrected chi connectivity index (χ1v) is 9.95. The largest absolute Gasteiger partial charge is 0.469 e. The van der Waals surface area contributed by atoms with E-state index in [2.05, 4.69) is 16.6 Å². The molecule has 1 rings (SSSR count). The van der Waals surface area contributed by atoms with Gasteiger partial charge in [-0.2, -0.15) is 0 Å². The highest BCUT2D eigenvalue weighted by atomic mass is 16.5. The van der Waals surface area contributed by atoms with Crippen molar-refractivity contribution in [2.24, 2.45) is 0 Å². The van der Waals surface area contributed by atoms with Gasteiger partial charge in [-0.25, -0.2) is 0 Å². The SMILES string of the molecule is CCCCCCCCC(O)C=Cc1cccc(CC(=O)CCC(=O)OC)n1. The Labute approximate surface area is 162 Å². The average Bonchev–Trinajstić information content (AvgIpc) is 2.67. The Morgan fingerprint density at radius 1 is 1.15 bits per heavy atom. The fourth-order valence-electron chi connectivity index (χ4n) is 2.76. The van der Waals surface area contributed by atoms with E-state index in [0.29, 0.717) is 5.69 Å². The molecule has 150 valence electrons. The van der Waals surface area contributed by atoms with Crippen LogP contribution in [0.1, 0.15) is 76.1 Å². The van der Waals surface area contributed by atoms with E-state index in [0.717, 1.165) is 25.0 Å². The van der Waals surface area contributed by atoms with Crippen molar-refractivity contribution >= 4 is 17.8 Å². The second-order valence-corrected chi connectivity index (χ2v) is 6.83. The lowest BCUT2D eigenvalue weighted by molar-refractivity contribution is -0.141. The van der Waals surface area contributed by atoms with Gasteiger partial charge in [0.2, 0.25) is 0 Å². The van der Waals surface area contributed by atoms with Crippen molar-refractivity contribution in [2.45, 2.75) is 77.2 Å². The highest BCUT2D eigenvalue weighted by molar-refractivity contribution is 5.84. The number of nitrogens with zero attached hydrogens (tertiary/aromatic N) is 1. The zero-order valence-electron chi connectivity index (χ0n) is 16.7. The summed E-state index contributed by atoms with van der Waals surface area (Å²) in [6.45, 7) is 2.20. The molecule has 0 spiro atoms. The molecule has 0 radical (unpaired) electrons. The predicted octanol–water partition coefficient (Wildman–Crippen LogP) is 4.27. The summed E-state index contributed by atoms with van der Waals surface area (Å²) in [5, 5.41) is 10.1. The third-order valence-electron chi connectivity index (χ3n) is 4.38. The quantitative estimate of drug-likeness (QED) is 0.388. The molecule has 27 heavy (non-hydrogen) atoms. The number of aromatic nitrogens is 1. The molecule has 1 aromatic heterocycles. The molecule has 0 aromatic carbocycles. The van der Waals surface area contributed by atoms with E-state index in [1.807, 2.05) is 12.1 Å². The number of pyridine rings is 1. The van der Waals surface area contributed by atoms with Gasteiger partial charge in [-0.1, -0.05) is 57.6 Å². The molecular formula is C22H33NO4. The van der Waals surface area contributed by atoms with Gasteiger partial charge in [0.15, 0.2) is 0 Å². The highest BCUT2D eigenvalue weighted by Crippen LogP contribution is 2.11. The van der Waals surface area contributed by atoms with Crippen LogP contribution in [0.25, 0.3) is 6.08 Å². The summed E-state index contributed by atoms with van der Waals surface area (Å²) in [5.41, 5.74) is 1.38. The van der Waals surface area contributed by atoms with Crippen molar-refractivity contribution in [2.75, 3.05) is 7.11 Å². The number of hydrogen-bond acceptors (Lipinski definition) is 5. The fourth-order valence-corrected chi connectivity index (χ4v) is 2.76. The Kier molecular flexibility index (Phi) is 12.0. The second-order valence-electron chi connectivity index (χ2n) is 6.83. The summed E-state index contributed by atoms with van der Waals surface area (Å²) >= 11 is 0. The number of unbranched alkanes of at least 4 members (excludes halogenated alkanes) is 5. The van der Waals surface area contributed by atoms with E-state index >= 15 is 0 Å². The molecule has 0 bridgehead atoms. The van der Waals surface area contributed by atoms with E-state index in [1.165, 1.54) is 32.8 Å². The van der Waals surface area contributed by atoms with Crippen molar-refractivity contribution in [3.8, 4) is 0 Å². The molecule has 0 amide bonds. The van der Waals surface area contributed by atoms with Crippen LogP contribution in [0.2, 0.25) is 0 Å². The number of carbonyl (C=O) groups excluding carboxylic acids is 2. The molecular weight excluding hydrogens is 342 g/mol. The van der Waals surface area contributed by atoms with Crippen molar-refractivity contribution in [3.63, 3.8) is 0 Å². The monoisotopic (exact) mass is 375 g/mol. The minimum Gasteiger partial charge on any atom is -0.469 e. The summed E-state index contributed by atoms with van der Waals surface area (Å²) < 4.78 is 4.54. The Balaban J connectivity index is 2.38. The number of aliphatic hydroxyl groups excluding tert-OH is 1. The second kappa shape index (κ2) is 14.1. The van der Waals surface area contributed by atoms with Crippen molar-refractivity contribution in [1.82, 2.24) is 4.98 Å². The molecule has 0 saturated carbocycles. The maximum Gasteiger partial charge on any atom is 0.305 e. The van der Waals surface area contributed by atoms with Gasteiger partial charge >= 0.3 is 5.97 Å². The van der Waals surface area contributed by atoms with Gasteiger partial charge in [-0.3, -0.25) is 14.6 Å². The Morgan fingerprint density at radius 2 is 1.89 bits per heavy atom. The Hall–Kier alpha value is -2.01. The molecule has 1 N–H and O–H groups in total. The molecule has 0 fully saturated rings. The number of ether oxygens (including phenoxy) is 1. The zero-order chi connectivity index (χ0) is 19.9. The van der Waals surface area contributed by atoms with E-state index in [1.54, 1.807) is 18.2 Å². The minimum absolute atomic E-state index is 0.0443. The van der Waals surface area contributed by atoms with Gasteiger partial charge in [0.1, 0.15) is 5.78 Å². The maximum absolute atomic E-state index is 11.9. The van der Waals surface area contributed by atoms with Crippen LogP contribution in [0.4, 0.5) is 0 Å². The van der Waals surface area contributed by atoms with Gasteiger partial charge in [0.05, 0.1) is 25.3 Å². The third kappa shape index (κ3) is 11.3. The van der Waals surface area contributed by atoms with E-state index in [-0.39, 0.29) is 31.0 Å². The summed E-state index contributed by atoms with van der Waals surface area (Å²) in [6.07, 6.45) is 11.5. The number of rotatable bonds is 14. The van der Waals surface area contributed by atoms with E-state index in [9.17, 15) is 14.7 Å². The molecule has 0 aliphatic heterocycles. The molecule has 0 aliphatic rings. The number of hydrogen-bond donors (Lipinski definition) is 1. The first kappa shape index (κ1) is 23.0. The van der Waals surface area contributed by atoms with Crippen LogP contribution >= 0.6 is 0 Å². The number of methoxy groups -OCH3 is 1. The van der Waals surface area contributed by atoms with Crippen LogP contribution < -0.4 is 0 Å². The first-order chi connectivity index (χ1) is 13.0. The normalized spacial score (nSPS) is 12.3. The molecule has 0 saturated heterocycles. The van der Waals surface area contributed by atoms with Crippen LogP contribution in [-0.4, -0.2) is 35.1 Å². The van der Waals surface area contributed by atoms with Crippen LogP contribution in [0.15, 0.2) is 24.3 Å². The summed E-state index contributed by atoms with van der Waals surface area (Å²) in [7, 11) is 1.31. The standard InChI is InChI=1S/C22H33NO4/c1-3-4-5-6-7-8-12-20(24)14-13-18-10-9-11-19(23-18)17-21(25)15-16-22(26)27-2/h9-11,13-14,20,24H,3-8,12,15-17H2,1-2H3. The fraction of sp³-hybridized carbons (Fsp3) is 0.591. The molecule has 1 unspecified atom stereocenters. The highest BCUT2D eigenvalue weighted by Gasteiger charge is 2.09. The van der Waals surface area contributed by atoms with Crippen LogP contribution in [0.5, 0.6) is 0 Å². The number of Topliss-reactive ketones (excluding diaryl/α,β-unsaturated/α-hetero) is 1. The van der Waals surface area contributed by atoms with Crippen LogP contribution in [0, 0.1) is 0 Å². The number of ketones is 1. The van der Waals surface area contributed by atoms with Crippen molar-refractivity contribution in [1.29, 1.82) is 0 Å². The molecule has 1 atom stereocenters. The number of aliphatic hydroxyl groups is 1. The van der Waals surface area contributed by atoms with Crippen molar-refractivity contribution in [3.05, 3.63) is 35.7 Å². The minimum atomic E-state index is -0.469. The number of carbonyl (C=O) groups is 2. The zero-order valence-corrected chi connectivity index (χ0v) is 16.7. The third-order valence-corrected chi connectivity index (χ3v) is 4.38. The smallest absolute Gasteiger partial charge is 0.305 e.